The molecule has 2 aliphatic rings. The maximum absolute atomic E-state index is 14.5. The molecule has 1 saturated carbocycles. The molecule has 2 aromatic carbocycles. The van der Waals surface area contributed by atoms with Crippen molar-refractivity contribution in [3.63, 3.8) is 0 Å². The van der Waals surface area contributed by atoms with Crippen molar-refractivity contribution < 1.29 is 41.7 Å². The number of hydrogen-bond acceptors (Lipinski definition) is 5. The maximum Gasteiger partial charge on any atom is 0.433 e. The first kappa shape index (κ1) is 25.8. The lowest BCUT2D eigenvalue weighted by atomic mass is 9.83. The minimum atomic E-state index is -4.85. The second-order valence-corrected chi connectivity index (χ2v) is 9.59. The highest BCUT2D eigenvalue weighted by molar-refractivity contribution is 5.71. The van der Waals surface area contributed by atoms with Gasteiger partial charge in [0.2, 0.25) is 0 Å². The summed E-state index contributed by atoms with van der Waals surface area (Å²) in [5, 5.41) is 9.58. The molecule has 0 bridgehead atoms. The number of alkyl halides is 3. The molecule has 2 heterocycles. The fourth-order valence-corrected chi connectivity index (χ4v) is 4.96. The number of nitrogens with zero attached hydrogens (tertiary/aromatic N) is 1. The molecule has 38 heavy (non-hydrogen) atoms. The Bertz CT molecular complexity index is 1370. The molecule has 6 nitrogen and oxygen atoms in total. The molecule has 1 aliphatic heterocycles. The van der Waals surface area contributed by atoms with Crippen LogP contribution in [-0.2, 0) is 11.0 Å². The molecular formula is C28H25F4NO5. The van der Waals surface area contributed by atoms with Gasteiger partial charge in [-0.2, -0.15) is 13.2 Å². The zero-order valence-electron chi connectivity index (χ0n) is 20.6. The predicted octanol–water partition coefficient (Wildman–Crippen LogP) is 6.64. The van der Waals surface area contributed by atoms with E-state index in [9.17, 15) is 27.5 Å². The molecule has 200 valence electrons. The van der Waals surface area contributed by atoms with E-state index in [1.807, 2.05) is 0 Å². The SMILES string of the molecule is COc1ccc(F)c(-c2ccc([C@@H]3COc4ccc(C(C5CC5)[C@H](C)C(=O)O)cc4O3)c(C(F)(F)F)n2)c1. The number of ether oxygens (including phenoxy) is 3. The predicted molar refractivity (Wildman–Crippen MR) is 129 cm³/mol. The highest BCUT2D eigenvalue weighted by Gasteiger charge is 2.41. The number of fused-ring (bicyclic) bond motifs is 1. The highest BCUT2D eigenvalue weighted by Crippen LogP contribution is 2.49. The summed E-state index contributed by atoms with van der Waals surface area (Å²) in [5.74, 6) is -1.43. The van der Waals surface area contributed by atoms with Gasteiger partial charge in [-0.25, -0.2) is 9.37 Å². The van der Waals surface area contributed by atoms with Crippen LogP contribution in [0.25, 0.3) is 11.3 Å². The molecule has 1 aliphatic carbocycles. The van der Waals surface area contributed by atoms with Crippen LogP contribution in [0.15, 0.2) is 48.5 Å². The molecule has 5 rings (SSSR count). The molecule has 1 fully saturated rings. The summed E-state index contributed by atoms with van der Waals surface area (Å²) >= 11 is 0. The molecule has 0 spiro atoms. The van der Waals surface area contributed by atoms with Crippen LogP contribution in [0.2, 0.25) is 0 Å². The fourth-order valence-electron chi connectivity index (χ4n) is 4.96. The molecule has 0 radical (unpaired) electrons. The van der Waals surface area contributed by atoms with Gasteiger partial charge in [-0.15, -0.1) is 0 Å². The quantitative estimate of drug-likeness (QED) is 0.345. The number of carboxylic acid groups (broad SMARTS) is 1. The number of carbonyl (C=O) groups is 1. The van der Waals surface area contributed by atoms with Gasteiger partial charge in [0.25, 0.3) is 0 Å². The van der Waals surface area contributed by atoms with Crippen LogP contribution in [0.4, 0.5) is 17.6 Å². The van der Waals surface area contributed by atoms with Crippen molar-refractivity contribution in [2.75, 3.05) is 13.7 Å². The van der Waals surface area contributed by atoms with Gasteiger partial charge in [0.15, 0.2) is 23.3 Å². The molecule has 1 unspecified atom stereocenters. The number of methoxy groups -OCH3 is 1. The lowest BCUT2D eigenvalue weighted by Crippen LogP contribution is -2.26. The summed E-state index contributed by atoms with van der Waals surface area (Å²) in [4.78, 5) is 15.5. The van der Waals surface area contributed by atoms with Gasteiger partial charge in [0.05, 0.1) is 18.7 Å². The van der Waals surface area contributed by atoms with Crippen LogP contribution >= 0.6 is 0 Å². The number of aromatic nitrogens is 1. The average molecular weight is 532 g/mol. The molecular weight excluding hydrogens is 506 g/mol. The minimum absolute atomic E-state index is 0.129. The lowest BCUT2D eigenvalue weighted by Gasteiger charge is -2.30. The number of rotatable bonds is 7. The van der Waals surface area contributed by atoms with E-state index in [2.05, 4.69) is 4.98 Å². The van der Waals surface area contributed by atoms with Crippen LogP contribution in [0.1, 0.15) is 48.6 Å². The summed E-state index contributed by atoms with van der Waals surface area (Å²) < 4.78 is 73.6. The number of benzene rings is 2. The summed E-state index contributed by atoms with van der Waals surface area (Å²) in [7, 11) is 1.37. The van der Waals surface area contributed by atoms with Gasteiger partial charge in [0.1, 0.15) is 18.2 Å². The number of hydrogen-bond donors (Lipinski definition) is 1. The van der Waals surface area contributed by atoms with E-state index in [1.54, 1.807) is 25.1 Å². The van der Waals surface area contributed by atoms with Crippen molar-refractivity contribution in [1.82, 2.24) is 4.98 Å². The summed E-state index contributed by atoms with van der Waals surface area (Å²) in [6.07, 6.45) is -4.15. The minimum Gasteiger partial charge on any atom is -0.497 e. The van der Waals surface area contributed by atoms with Gasteiger partial charge < -0.3 is 19.3 Å². The van der Waals surface area contributed by atoms with Crippen molar-refractivity contribution in [1.29, 1.82) is 0 Å². The Morgan fingerprint density at radius 3 is 2.53 bits per heavy atom. The zero-order valence-corrected chi connectivity index (χ0v) is 20.6. The Labute approximate surface area is 216 Å². The molecule has 10 heteroatoms. The monoisotopic (exact) mass is 531 g/mol. The summed E-state index contributed by atoms with van der Waals surface area (Å²) in [5.41, 5.74) is -1.05. The topological polar surface area (TPSA) is 77.9 Å². The lowest BCUT2D eigenvalue weighted by molar-refractivity contribution is -0.143. The van der Waals surface area contributed by atoms with Gasteiger partial charge in [-0.3, -0.25) is 4.79 Å². The normalized spacial score (nSPS) is 18.5. The van der Waals surface area contributed by atoms with Crippen LogP contribution < -0.4 is 14.2 Å². The molecule has 0 saturated heterocycles. The molecule has 3 aromatic rings. The van der Waals surface area contributed by atoms with Crippen LogP contribution in [0, 0.1) is 17.7 Å². The second-order valence-electron chi connectivity index (χ2n) is 9.59. The highest BCUT2D eigenvalue weighted by atomic mass is 19.4. The standard InChI is InChI=1S/C28H25F4NO5/c1-14(27(34)35)25(15-3-4-15)16-5-10-22-23(11-16)38-24(13-37-22)18-7-9-21(33-26(18)28(30,31)32)19-12-17(36-2)6-8-20(19)29/h5-12,14-15,24-25H,3-4,13H2,1-2H3,(H,34,35)/t14-,24-,25?/m0/s1. The average Bonchev–Trinajstić information content (AvgIpc) is 3.73. The number of pyridine rings is 1. The third kappa shape index (κ3) is 4.99. The summed E-state index contributed by atoms with van der Waals surface area (Å²) in [6, 6.07) is 11.4. The van der Waals surface area contributed by atoms with E-state index in [-0.39, 0.29) is 46.8 Å². The Morgan fingerprint density at radius 1 is 1.11 bits per heavy atom. The number of carboxylic acids is 1. The van der Waals surface area contributed by atoms with E-state index in [4.69, 9.17) is 14.2 Å². The van der Waals surface area contributed by atoms with Crippen molar-refractivity contribution in [2.24, 2.45) is 11.8 Å². The molecule has 3 atom stereocenters. The van der Waals surface area contributed by atoms with Crippen molar-refractivity contribution in [3.05, 3.63) is 71.2 Å². The van der Waals surface area contributed by atoms with E-state index >= 15 is 0 Å². The van der Waals surface area contributed by atoms with E-state index in [1.165, 1.54) is 31.4 Å². The fraction of sp³-hybridized carbons (Fsp3) is 0.357. The van der Waals surface area contributed by atoms with Crippen LogP contribution in [0.5, 0.6) is 17.2 Å². The Balaban J connectivity index is 1.49. The first-order chi connectivity index (χ1) is 18.1. The first-order valence-electron chi connectivity index (χ1n) is 12.1. The third-order valence-electron chi connectivity index (χ3n) is 7.06. The largest absolute Gasteiger partial charge is 0.497 e. The van der Waals surface area contributed by atoms with Gasteiger partial charge >= 0.3 is 12.1 Å². The van der Waals surface area contributed by atoms with E-state index in [0.717, 1.165) is 24.5 Å². The van der Waals surface area contributed by atoms with Gasteiger partial charge in [-0.1, -0.05) is 19.1 Å². The zero-order chi connectivity index (χ0) is 27.2. The van der Waals surface area contributed by atoms with E-state index < -0.39 is 35.7 Å². The second kappa shape index (κ2) is 9.81. The van der Waals surface area contributed by atoms with Crippen molar-refractivity contribution in [3.8, 4) is 28.5 Å². The third-order valence-corrected chi connectivity index (χ3v) is 7.06. The number of halogens is 4. The van der Waals surface area contributed by atoms with Crippen molar-refractivity contribution in [2.45, 2.75) is 38.0 Å². The smallest absolute Gasteiger partial charge is 0.433 e. The van der Waals surface area contributed by atoms with Gasteiger partial charge in [-0.05, 0) is 66.6 Å². The molecule has 1 aromatic heterocycles. The van der Waals surface area contributed by atoms with Gasteiger partial charge in [0, 0.05) is 11.1 Å². The van der Waals surface area contributed by atoms with E-state index in [0.29, 0.717) is 5.75 Å². The Morgan fingerprint density at radius 2 is 1.87 bits per heavy atom. The van der Waals surface area contributed by atoms with Crippen LogP contribution in [-0.4, -0.2) is 29.8 Å². The van der Waals surface area contributed by atoms with Crippen molar-refractivity contribution >= 4 is 5.97 Å². The first-order valence-corrected chi connectivity index (χ1v) is 12.1. The number of aliphatic carboxylic acids is 1. The molecule has 0 amide bonds. The maximum atomic E-state index is 14.5. The summed E-state index contributed by atoms with van der Waals surface area (Å²) in [6.45, 7) is 1.46. The molecule has 1 N–H and O–H groups in total. The Kier molecular flexibility index (Phi) is 6.66. The Hall–Kier alpha value is -3.82. The van der Waals surface area contributed by atoms with Crippen LogP contribution in [0.3, 0.4) is 0 Å².